The van der Waals surface area contributed by atoms with E-state index in [1.165, 1.54) is 19.8 Å². The second-order valence-electron chi connectivity index (χ2n) is 3.64. The predicted octanol–water partition coefficient (Wildman–Crippen LogP) is 3.32. The van der Waals surface area contributed by atoms with Gasteiger partial charge in [0.2, 0.25) is 0 Å². The van der Waals surface area contributed by atoms with Crippen molar-refractivity contribution in [2.24, 2.45) is 0 Å². The minimum Gasteiger partial charge on any atom is -0.502 e. The van der Waals surface area contributed by atoms with Crippen molar-refractivity contribution in [3.8, 4) is 5.75 Å². The summed E-state index contributed by atoms with van der Waals surface area (Å²) in [6.45, 7) is 5.72. The van der Waals surface area contributed by atoms with E-state index in [9.17, 15) is 25.3 Å². The van der Waals surface area contributed by atoms with Crippen LogP contribution in [0.2, 0.25) is 0 Å². The molecule has 0 bridgehead atoms. The van der Waals surface area contributed by atoms with E-state index in [-0.39, 0.29) is 5.56 Å². The molecule has 1 aromatic carbocycles. The Kier molecular flexibility index (Phi) is 6.33. The lowest BCUT2D eigenvalue weighted by Gasteiger charge is -1.99. The molecular formula is C11H16N2O5. The number of non-ortho nitro benzene ring substituents is 1. The van der Waals surface area contributed by atoms with Gasteiger partial charge in [-0.05, 0) is 6.92 Å². The number of rotatable bonds is 3. The fraction of sp³-hybridized carbons (Fsp3) is 0.455. The lowest BCUT2D eigenvalue weighted by atomic mass is 10.1. The van der Waals surface area contributed by atoms with Crippen LogP contribution in [0.1, 0.15) is 32.3 Å². The van der Waals surface area contributed by atoms with Crippen LogP contribution < -0.4 is 0 Å². The molecule has 18 heavy (non-hydrogen) atoms. The molecule has 0 unspecified atom stereocenters. The summed E-state index contributed by atoms with van der Waals surface area (Å²) in [6, 6.07) is 1.80. The zero-order valence-corrected chi connectivity index (χ0v) is 10.5. The third-order valence-electron chi connectivity index (χ3n) is 2.17. The summed E-state index contributed by atoms with van der Waals surface area (Å²) in [5.74, 6) is -0.541. The van der Waals surface area contributed by atoms with E-state index in [4.69, 9.17) is 0 Å². The van der Waals surface area contributed by atoms with Crippen LogP contribution in [0.4, 0.5) is 11.4 Å². The van der Waals surface area contributed by atoms with Gasteiger partial charge in [0.05, 0.1) is 15.9 Å². The SMILES string of the molecule is CCCC.Cc1cc([N+](=O)[O-])cc([N+](=O)[O-])c1O. The van der Waals surface area contributed by atoms with Crippen LogP contribution in [0.5, 0.6) is 5.75 Å². The summed E-state index contributed by atoms with van der Waals surface area (Å²) in [4.78, 5) is 19.1. The molecule has 1 aromatic rings. The number of nitro groups is 2. The van der Waals surface area contributed by atoms with Crippen LogP contribution in [0.3, 0.4) is 0 Å². The Balaban J connectivity index is 0.000000631. The van der Waals surface area contributed by atoms with E-state index >= 15 is 0 Å². The molecule has 0 aromatic heterocycles. The second-order valence-corrected chi connectivity index (χ2v) is 3.64. The van der Waals surface area contributed by atoms with Gasteiger partial charge in [-0.25, -0.2) is 0 Å². The number of hydrogen-bond acceptors (Lipinski definition) is 5. The summed E-state index contributed by atoms with van der Waals surface area (Å²) in [5.41, 5.74) is -0.963. The Morgan fingerprint density at radius 3 is 1.94 bits per heavy atom. The molecule has 0 fully saturated rings. The van der Waals surface area contributed by atoms with E-state index in [0.717, 1.165) is 12.1 Å². The van der Waals surface area contributed by atoms with E-state index in [1.54, 1.807) is 0 Å². The Morgan fingerprint density at radius 2 is 1.61 bits per heavy atom. The van der Waals surface area contributed by atoms with Gasteiger partial charge in [0.15, 0.2) is 5.75 Å². The Bertz CT molecular complexity index is 443. The summed E-state index contributed by atoms with van der Waals surface area (Å²) in [7, 11) is 0. The molecule has 7 nitrogen and oxygen atoms in total. The first kappa shape index (κ1) is 15.8. The highest BCUT2D eigenvalue weighted by Gasteiger charge is 2.21. The van der Waals surface area contributed by atoms with Crippen LogP contribution in [-0.2, 0) is 0 Å². The number of aromatic hydroxyl groups is 1. The van der Waals surface area contributed by atoms with Gasteiger partial charge in [-0.1, -0.05) is 26.7 Å². The molecule has 0 amide bonds. The van der Waals surface area contributed by atoms with Crippen LogP contribution in [-0.4, -0.2) is 15.0 Å². The van der Waals surface area contributed by atoms with Gasteiger partial charge in [0, 0.05) is 11.6 Å². The van der Waals surface area contributed by atoms with Crippen molar-refractivity contribution in [2.45, 2.75) is 33.6 Å². The molecule has 0 heterocycles. The molecule has 0 spiro atoms. The summed E-state index contributed by atoms with van der Waals surface area (Å²) >= 11 is 0. The molecule has 0 aliphatic heterocycles. The molecular weight excluding hydrogens is 240 g/mol. The van der Waals surface area contributed by atoms with Crippen LogP contribution in [0.25, 0.3) is 0 Å². The van der Waals surface area contributed by atoms with Crippen LogP contribution >= 0.6 is 0 Å². The second kappa shape index (κ2) is 7.21. The summed E-state index contributed by atoms with van der Waals surface area (Å²) < 4.78 is 0. The average molecular weight is 256 g/mol. The molecule has 0 saturated heterocycles. The molecule has 100 valence electrons. The number of nitro benzene ring substituents is 2. The standard InChI is InChI=1S/C7H6N2O5.C4H10/c1-4-2-5(8(11)12)3-6(7(4)10)9(13)14;1-3-4-2/h2-3,10H,1H3;3-4H2,1-2H3. The van der Waals surface area contributed by atoms with E-state index < -0.39 is 27.0 Å². The van der Waals surface area contributed by atoms with Crippen molar-refractivity contribution < 1.29 is 15.0 Å². The zero-order chi connectivity index (χ0) is 14.3. The number of aryl methyl sites for hydroxylation is 1. The number of hydrogen-bond donors (Lipinski definition) is 1. The largest absolute Gasteiger partial charge is 0.502 e. The number of benzene rings is 1. The highest BCUT2D eigenvalue weighted by atomic mass is 16.6. The summed E-state index contributed by atoms with van der Waals surface area (Å²) in [5, 5.41) is 29.9. The third-order valence-corrected chi connectivity index (χ3v) is 2.17. The Hall–Kier alpha value is -2.18. The van der Waals surface area contributed by atoms with Gasteiger partial charge in [0.1, 0.15) is 0 Å². The molecule has 0 aliphatic rings. The van der Waals surface area contributed by atoms with Crippen LogP contribution in [0.15, 0.2) is 12.1 Å². The van der Waals surface area contributed by atoms with Crippen molar-refractivity contribution in [2.75, 3.05) is 0 Å². The fourth-order valence-corrected chi connectivity index (χ4v) is 0.987. The maximum atomic E-state index is 10.4. The topological polar surface area (TPSA) is 107 Å². The fourth-order valence-electron chi connectivity index (χ4n) is 0.987. The van der Waals surface area contributed by atoms with Gasteiger partial charge in [-0.3, -0.25) is 20.2 Å². The molecule has 0 aliphatic carbocycles. The Morgan fingerprint density at radius 1 is 1.11 bits per heavy atom. The molecule has 0 atom stereocenters. The van der Waals surface area contributed by atoms with E-state index in [1.807, 2.05) is 0 Å². The van der Waals surface area contributed by atoms with Gasteiger partial charge in [-0.15, -0.1) is 0 Å². The highest BCUT2D eigenvalue weighted by molar-refractivity contribution is 5.57. The average Bonchev–Trinajstić information content (AvgIpc) is 2.32. The number of nitrogens with zero attached hydrogens (tertiary/aromatic N) is 2. The zero-order valence-electron chi connectivity index (χ0n) is 10.5. The Labute approximate surface area is 104 Å². The molecule has 1 rings (SSSR count). The maximum Gasteiger partial charge on any atom is 0.317 e. The molecule has 0 saturated carbocycles. The lowest BCUT2D eigenvalue weighted by molar-refractivity contribution is -0.394. The quantitative estimate of drug-likeness (QED) is 0.659. The lowest BCUT2D eigenvalue weighted by Crippen LogP contribution is -1.94. The van der Waals surface area contributed by atoms with Crippen molar-refractivity contribution in [3.05, 3.63) is 37.9 Å². The number of phenolic OH excluding ortho intramolecular Hbond substituents is 1. The molecule has 1 N–H and O–H groups in total. The van der Waals surface area contributed by atoms with E-state index in [2.05, 4.69) is 13.8 Å². The smallest absolute Gasteiger partial charge is 0.317 e. The molecule has 7 heteroatoms. The van der Waals surface area contributed by atoms with Gasteiger partial charge >= 0.3 is 5.69 Å². The van der Waals surface area contributed by atoms with E-state index in [0.29, 0.717) is 0 Å². The van der Waals surface area contributed by atoms with Gasteiger partial charge in [-0.2, -0.15) is 0 Å². The first-order valence-corrected chi connectivity index (χ1v) is 5.47. The van der Waals surface area contributed by atoms with Crippen LogP contribution in [0, 0.1) is 27.2 Å². The monoisotopic (exact) mass is 256 g/mol. The number of phenols is 1. The van der Waals surface area contributed by atoms with Crippen molar-refractivity contribution >= 4 is 11.4 Å². The highest BCUT2D eigenvalue weighted by Crippen LogP contribution is 2.33. The predicted molar refractivity (Wildman–Crippen MR) is 66.7 cm³/mol. The van der Waals surface area contributed by atoms with Gasteiger partial charge < -0.3 is 5.11 Å². The third kappa shape index (κ3) is 4.36. The minimum absolute atomic E-state index is 0.103. The number of unbranched alkanes of at least 4 members (excludes halogenated alkanes) is 1. The van der Waals surface area contributed by atoms with Crippen molar-refractivity contribution in [3.63, 3.8) is 0 Å². The van der Waals surface area contributed by atoms with Gasteiger partial charge in [0.25, 0.3) is 5.69 Å². The molecule has 0 radical (unpaired) electrons. The van der Waals surface area contributed by atoms with Crippen molar-refractivity contribution in [1.29, 1.82) is 0 Å². The first-order valence-electron chi connectivity index (χ1n) is 5.47. The minimum atomic E-state index is -0.866. The first-order chi connectivity index (χ1) is 8.34. The normalized spacial score (nSPS) is 9.28. The maximum absolute atomic E-state index is 10.4. The summed E-state index contributed by atoms with van der Waals surface area (Å²) in [6.07, 6.45) is 2.64. The van der Waals surface area contributed by atoms with Crippen molar-refractivity contribution in [1.82, 2.24) is 0 Å².